The number of nitrogen functional groups attached to an aromatic ring is 1. The molecule has 0 atom stereocenters. The van der Waals surface area contributed by atoms with Crippen LogP contribution >= 0.6 is 0 Å². The SMILES string of the molecule is COc1ccc(-c2cnn(C)c2N)c(OC)c1C(C)C. The Bertz CT molecular complexity index is 618. The van der Waals surface area contributed by atoms with Crippen LogP contribution in [0.1, 0.15) is 25.3 Å². The van der Waals surface area contributed by atoms with Crippen molar-refractivity contribution in [3.05, 3.63) is 23.9 Å². The summed E-state index contributed by atoms with van der Waals surface area (Å²) in [5, 5.41) is 4.19. The highest BCUT2D eigenvalue weighted by molar-refractivity contribution is 5.80. The normalized spacial score (nSPS) is 10.9. The first-order valence-corrected chi connectivity index (χ1v) is 6.54. The van der Waals surface area contributed by atoms with Gasteiger partial charge in [0.05, 0.1) is 20.4 Å². The summed E-state index contributed by atoms with van der Waals surface area (Å²) in [6.07, 6.45) is 1.75. The summed E-state index contributed by atoms with van der Waals surface area (Å²) in [5.41, 5.74) is 8.91. The van der Waals surface area contributed by atoms with E-state index in [-0.39, 0.29) is 5.92 Å². The van der Waals surface area contributed by atoms with Gasteiger partial charge in [0.1, 0.15) is 17.3 Å². The number of aryl methyl sites for hydroxylation is 1. The van der Waals surface area contributed by atoms with Crippen molar-refractivity contribution in [3.63, 3.8) is 0 Å². The number of benzene rings is 1. The van der Waals surface area contributed by atoms with Crippen LogP contribution < -0.4 is 15.2 Å². The predicted molar refractivity (Wildman–Crippen MR) is 80.2 cm³/mol. The molecular formula is C15H21N3O2. The third-order valence-electron chi connectivity index (χ3n) is 3.43. The van der Waals surface area contributed by atoms with Crippen LogP contribution in [-0.4, -0.2) is 24.0 Å². The average Bonchev–Trinajstić information content (AvgIpc) is 2.77. The molecule has 108 valence electrons. The van der Waals surface area contributed by atoms with Crippen LogP contribution in [0.2, 0.25) is 0 Å². The van der Waals surface area contributed by atoms with Crippen LogP contribution in [0.4, 0.5) is 5.82 Å². The summed E-state index contributed by atoms with van der Waals surface area (Å²) in [6.45, 7) is 4.22. The molecular weight excluding hydrogens is 254 g/mol. The molecule has 1 aromatic heterocycles. The van der Waals surface area contributed by atoms with Gasteiger partial charge in [-0.1, -0.05) is 13.8 Å². The van der Waals surface area contributed by atoms with E-state index < -0.39 is 0 Å². The van der Waals surface area contributed by atoms with E-state index in [0.717, 1.165) is 28.2 Å². The van der Waals surface area contributed by atoms with Gasteiger partial charge in [-0.05, 0) is 18.1 Å². The fourth-order valence-corrected chi connectivity index (χ4v) is 2.39. The maximum atomic E-state index is 6.07. The molecule has 0 saturated heterocycles. The van der Waals surface area contributed by atoms with E-state index >= 15 is 0 Å². The highest BCUT2D eigenvalue weighted by Crippen LogP contribution is 2.43. The van der Waals surface area contributed by atoms with Crippen molar-refractivity contribution in [1.29, 1.82) is 0 Å². The second-order valence-electron chi connectivity index (χ2n) is 4.98. The maximum Gasteiger partial charge on any atom is 0.134 e. The Morgan fingerprint density at radius 1 is 1.15 bits per heavy atom. The van der Waals surface area contributed by atoms with Crippen LogP contribution in [0, 0.1) is 0 Å². The Balaban J connectivity index is 2.72. The quantitative estimate of drug-likeness (QED) is 0.932. The van der Waals surface area contributed by atoms with E-state index in [0.29, 0.717) is 5.82 Å². The highest BCUT2D eigenvalue weighted by Gasteiger charge is 2.21. The molecule has 0 fully saturated rings. The molecule has 0 aliphatic carbocycles. The molecule has 0 aliphatic heterocycles. The molecule has 0 bridgehead atoms. The second kappa shape index (κ2) is 5.45. The van der Waals surface area contributed by atoms with Crippen LogP contribution in [0.15, 0.2) is 18.3 Å². The van der Waals surface area contributed by atoms with Crippen molar-refractivity contribution in [3.8, 4) is 22.6 Å². The number of nitrogens with zero attached hydrogens (tertiary/aromatic N) is 2. The summed E-state index contributed by atoms with van der Waals surface area (Å²) in [4.78, 5) is 0. The molecule has 2 rings (SSSR count). The maximum absolute atomic E-state index is 6.07. The van der Waals surface area contributed by atoms with Crippen molar-refractivity contribution < 1.29 is 9.47 Å². The summed E-state index contributed by atoms with van der Waals surface area (Å²) in [7, 11) is 5.15. The lowest BCUT2D eigenvalue weighted by Gasteiger charge is -2.19. The molecule has 0 aliphatic rings. The highest BCUT2D eigenvalue weighted by atomic mass is 16.5. The van der Waals surface area contributed by atoms with Gasteiger partial charge in [0.2, 0.25) is 0 Å². The molecule has 0 radical (unpaired) electrons. The monoisotopic (exact) mass is 275 g/mol. The minimum atomic E-state index is 0.276. The van der Waals surface area contributed by atoms with Gasteiger partial charge in [-0.2, -0.15) is 5.10 Å². The standard InChI is InChI=1S/C15H21N3O2/c1-9(2)13-12(19-4)7-6-10(14(13)20-5)11-8-17-18(3)15(11)16/h6-9H,16H2,1-5H3. The van der Waals surface area contributed by atoms with E-state index in [1.165, 1.54) is 0 Å². The summed E-state index contributed by atoms with van der Waals surface area (Å²) in [6, 6.07) is 3.90. The Morgan fingerprint density at radius 3 is 2.30 bits per heavy atom. The molecule has 1 aromatic carbocycles. The van der Waals surface area contributed by atoms with Gasteiger partial charge in [0, 0.05) is 23.7 Å². The predicted octanol–water partition coefficient (Wildman–Crippen LogP) is 2.81. The third kappa shape index (κ3) is 2.19. The Labute approximate surface area is 119 Å². The Morgan fingerprint density at radius 2 is 1.85 bits per heavy atom. The Kier molecular flexibility index (Phi) is 3.88. The van der Waals surface area contributed by atoms with Crippen molar-refractivity contribution in [1.82, 2.24) is 9.78 Å². The number of hydrogen-bond acceptors (Lipinski definition) is 4. The van der Waals surface area contributed by atoms with Gasteiger partial charge in [-0.25, -0.2) is 0 Å². The van der Waals surface area contributed by atoms with Gasteiger partial charge in [-0.15, -0.1) is 0 Å². The minimum Gasteiger partial charge on any atom is -0.496 e. The zero-order valence-electron chi connectivity index (χ0n) is 12.6. The van der Waals surface area contributed by atoms with E-state index in [1.807, 2.05) is 19.2 Å². The van der Waals surface area contributed by atoms with E-state index in [1.54, 1.807) is 25.1 Å². The van der Waals surface area contributed by atoms with Crippen molar-refractivity contribution in [2.45, 2.75) is 19.8 Å². The molecule has 5 nitrogen and oxygen atoms in total. The molecule has 2 N–H and O–H groups in total. The van der Waals surface area contributed by atoms with Gasteiger partial charge < -0.3 is 15.2 Å². The smallest absolute Gasteiger partial charge is 0.134 e. The number of rotatable bonds is 4. The lowest BCUT2D eigenvalue weighted by Crippen LogP contribution is -2.02. The van der Waals surface area contributed by atoms with Crippen LogP contribution in [0.25, 0.3) is 11.1 Å². The number of aromatic nitrogens is 2. The summed E-state index contributed by atoms with van der Waals surface area (Å²) >= 11 is 0. The molecule has 1 heterocycles. The molecule has 0 saturated carbocycles. The molecule has 0 spiro atoms. The van der Waals surface area contributed by atoms with Crippen LogP contribution in [0.5, 0.6) is 11.5 Å². The first-order chi connectivity index (χ1) is 9.51. The Hall–Kier alpha value is -2.17. The number of anilines is 1. The van der Waals surface area contributed by atoms with E-state index in [9.17, 15) is 0 Å². The first-order valence-electron chi connectivity index (χ1n) is 6.54. The third-order valence-corrected chi connectivity index (χ3v) is 3.43. The lowest BCUT2D eigenvalue weighted by molar-refractivity contribution is 0.383. The van der Waals surface area contributed by atoms with Crippen molar-refractivity contribution in [2.75, 3.05) is 20.0 Å². The van der Waals surface area contributed by atoms with Gasteiger partial charge in [-0.3, -0.25) is 4.68 Å². The topological polar surface area (TPSA) is 62.3 Å². The van der Waals surface area contributed by atoms with Gasteiger partial charge in [0.25, 0.3) is 0 Å². The molecule has 20 heavy (non-hydrogen) atoms. The van der Waals surface area contributed by atoms with Crippen LogP contribution in [0.3, 0.4) is 0 Å². The van der Waals surface area contributed by atoms with Gasteiger partial charge >= 0.3 is 0 Å². The van der Waals surface area contributed by atoms with E-state index in [4.69, 9.17) is 15.2 Å². The summed E-state index contributed by atoms with van der Waals surface area (Å²) in [5.74, 6) is 2.50. The minimum absolute atomic E-state index is 0.276. The second-order valence-corrected chi connectivity index (χ2v) is 4.98. The van der Waals surface area contributed by atoms with Crippen molar-refractivity contribution >= 4 is 5.82 Å². The first kappa shape index (κ1) is 14.2. The number of hydrogen-bond donors (Lipinski definition) is 1. The molecule has 2 aromatic rings. The molecule has 0 amide bonds. The summed E-state index contributed by atoms with van der Waals surface area (Å²) < 4.78 is 12.7. The molecule has 0 unspecified atom stereocenters. The fourth-order valence-electron chi connectivity index (χ4n) is 2.39. The fraction of sp³-hybridized carbons (Fsp3) is 0.400. The average molecular weight is 275 g/mol. The number of methoxy groups -OCH3 is 2. The zero-order chi connectivity index (χ0) is 14.9. The lowest BCUT2D eigenvalue weighted by atomic mass is 9.95. The number of ether oxygens (including phenoxy) is 2. The van der Waals surface area contributed by atoms with Crippen LogP contribution in [-0.2, 0) is 7.05 Å². The number of nitrogens with two attached hydrogens (primary N) is 1. The zero-order valence-corrected chi connectivity index (χ0v) is 12.6. The van der Waals surface area contributed by atoms with Crippen molar-refractivity contribution in [2.24, 2.45) is 7.05 Å². The van der Waals surface area contributed by atoms with E-state index in [2.05, 4.69) is 18.9 Å². The van der Waals surface area contributed by atoms with Gasteiger partial charge in [0.15, 0.2) is 0 Å². The largest absolute Gasteiger partial charge is 0.496 e. The molecule has 5 heteroatoms.